The standard InChI is InChI=1S/C32H40O12/c1-18(33)39-17-26(37)43-28-23(40-19(2)34)16-30(6,38)32-27(41-20(3)35)22(29(4,5)44-32)15-24(31(28,32)7)42-25(36)14-13-21-11-9-8-10-12-21/h8-14,22-24,27-28,38H,15-17H2,1-7H3/t22-,23+,24+,27-,28+,30+,31-,32+/m1/s1. The lowest BCUT2D eigenvalue weighted by Crippen LogP contribution is -2.81. The van der Waals surface area contributed by atoms with Crippen LogP contribution in [0.25, 0.3) is 6.08 Å². The molecule has 12 heteroatoms. The first kappa shape index (κ1) is 33.1. The molecule has 2 aliphatic carbocycles. The van der Waals surface area contributed by atoms with E-state index in [1.165, 1.54) is 26.8 Å². The molecule has 1 aromatic rings. The highest BCUT2D eigenvalue weighted by Crippen LogP contribution is 2.68. The van der Waals surface area contributed by atoms with Gasteiger partial charge in [-0.15, -0.1) is 0 Å². The van der Waals surface area contributed by atoms with Gasteiger partial charge in [0.15, 0.2) is 12.7 Å². The maximum Gasteiger partial charge on any atom is 0.344 e. The average molecular weight is 617 g/mol. The van der Waals surface area contributed by atoms with Crippen LogP contribution in [0.15, 0.2) is 36.4 Å². The fourth-order valence-electron chi connectivity index (χ4n) is 7.44. The van der Waals surface area contributed by atoms with Crippen LogP contribution in [0, 0.1) is 11.3 Å². The molecule has 0 radical (unpaired) electrons. The average Bonchev–Trinajstić information content (AvgIpc) is 3.09. The molecule has 4 rings (SSSR count). The maximum atomic E-state index is 13.3. The van der Waals surface area contributed by atoms with Gasteiger partial charge in [0, 0.05) is 39.2 Å². The van der Waals surface area contributed by atoms with Gasteiger partial charge in [-0.1, -0.05) is 30.3 Å². The molecule has 12 nitrogen and oxygen atoms in total. The van der Waals surface area contributed by atoms with Crippen molar-refractivity contribution in [1.82, 2.24) is 0 Å². The highest BCUT2D eigenvalue weighted by Gasteiger charge is 2.84. The van der Waals surface area contributed by atoms with Crippen LogP contribution < -0.4 is 0 Å². The number of carbonyl (C=O) groups excluding carboxylic acids is 5. The molecule has 3 aliphatic rings. The Morgan fingerprint density at radius 3 is 2.11 bits per heavy atom. The van der Waals surface area contributed by atoms with E-state index in [9.17, 15) is 29.1 Å². The fourth-order valence-corrected chi connectivity index (χ4v) is 7.44. The number of aliphatic hydroxyl groups is 1. The number of rotatable bonds is 8. The summed E-state index contributed by atoms with van der Waals surface area (Å²) in [5.74, 6) is -4.34. The van der Waals surface area contributed by atoms with Crippen molar-refractivity contribution in [2.45, 2.75) is 103 Å². The lowest BCUT2D eigenvalue weighted by atomic mass is 9.47. The molecule has 1 aliphatic heterocycles. The summed E-state index contributed by atoms with van der Waals surface area (Å²) in [5, 5.41) is 12.3. The third kappa shape index (κ3) is 5.84. The minimum atomic E-state index is -1.88. The van der Waals surface area contributed by atoms with Gasteiger partial charge in [-0.2, -0.15) is 0 Å². The number of fused-ring (bicyclic) bond motifs is 1. The Morgan fingerprint density at radius 1 is 0.886 bits per heavy atom. The molecule has 0 amide bonds. The molecular weight excluding hydrogens is 576 g/mol. The summed E-state index contributed by atoms with van der Waals surface area (Å²) in [6, 6.07) is 9.09. The van der Waals surface area contributed by atoms with Crippen LogP contribution in [-0.4, -0.2) is 82.8 Å². The van der Waals surface area contributed by atoms with E-state index in [2.05, 4.69) is 0 Å². The Bertz CT molecular complexity index is 1330. The van der Waals surface area contributed by atoms with Gasteiger partial charge < -0.3 is 33.5 Å². The SMILES string of the molecule is CC(=O)OCC(=O)O[C@H]1[C@@H](OC(C)=O)C[C@](C)(O)[C@]23OC(C)(C)[C@H](C[C@H](OC(=O)C=Cc4ccccc4)[C@]12C)[C@H]3OC(C)=O. The van der Waals surface area contributed by atoms with E-state index in [0.29, 0.717) is 0 Å². The van der Waals surface area contributed by atoms with Crippen LogP contribution in [0.3, 0.4) is 0 Å². The topological polar surface area (TPSA) is 161 Å². The van der Waals surface area contributed by atoms with Crippen molar-refractivity contribution in [1.29, 1.82) is 0 Å². The summed E-state index contributed by atoms with van der Waals surface area (Å²) < 4.78 is 35.1. The quantitative estimate of drug-likeness (QED) is 0.259. The molecule has 8 atom stereocenters. The van der Waals surface area contributed by atoms with E-state index in [0.717, 1.165) is 12.5 Å². The monoisotopic (exact) mass is 616 g/mol. The Kier molecular flexibility index (Phi) is 9.01. The molecular formula is C32H40O12. The van der Waals surface area contributed by atoms with Gasteiger partial charge in [0.1, 0.15) is 23.9 Å². The molecule has 0 aromatic heterocycles. The van der Waals surface area contributed by atoms with Crippen molar-refractivity contribution in [3.8, 4) is 0 Å². The van der Waals surface area contributed by atoms with E-state index in [1.54, 1.807) is 26.8 Å². The summed E-state index contributed by atoms with van der Waals surface area (Å²) in [5.41, 5.74) is -5.65. The number of hydrogen-bond donors (Lipinski definition) is 1. The second-order valence-electron chi connectivity index (χ2n) is 12.6. The number of carbonyl (C=O) groups is 5. The van der Waals surface area contributed by atoms with Crippen LogP contribution in [0.1, 0.15) is 66.9 Å². The van der Waals surface area contributed by atoms with Crippen LogP contribution >= 0.6 is 0 Å². The molecule has 240 valence electrons. The minimum Gasteiger partial charge on any atom is -0.459 e. The van der Waals surface area contributed by atoms with Crippen molar-refractivity contribution < 1.29 is 57.5 Å². The molecule has 44 heavy (non-hydrogen) atoms. The first-order valence-corrected chi connectivity index (χ1v) is 14.5. The summed E-state index contributed by atoms with van der Waals surface area (Å²) in [6.45, 7) is 9.39. The summed E-state index contributed by atoms with van der Waals surface area (Å²) in [6.07, 6.45) is -2.21. The predicted octanol–water partition coefficient (Wildman–Crippen LogP) is 2.68. The zero-order valence-electron chi connectivity index (χ0n) is 26.0. The van der Waals surface area contributed by atoms with Gasteiger partial charge in [0.2, 0.25) is 0 Å². The van der Waals surface area contributed by atoms with Gasteiger partial charge in [-0.25, -0.2) is 9.59 Å². The van der Waals surface area contributed by atoms with E-state index in [4.69, 9.17) is 28.4 Å². The van der Waals surface area contributed by atoms with Crippen molar-refractivity contribution >= 4 is 35.9 Å². The van der Waals surface area contributed by atoms with E-state index in [1.807, 2.05) is 30.3 Å². The van der Waals surface area contributed by atoms with Crippen LogP contribution in [0.2, 0.25) is 0 Å². The first-order chi connectivity index (χ1) is 20.4. The fraction of sp³-hybridized carbons (Fsp3) is 0.594. The zero-order valence-corrected chi connectivity index (χ0v) is 26.0. The molecule has 1 N–H and O–H groups in total. The zero-order chi connectivity index (χ0) is 32.7. The van der Waals surface area contributed by atoms with E-state index >= 15 is 0 Å². The lowest BCUT2D eigenvalue weighted by molar-refractivity contribution is -0.345. The van der Waals surface area contributed by atoms with E-state index < -0.39 is 89.0 Å². The van der Waals surface area contributed by atoms with E-state index in [-0.39, 0.29) is 12.8 Å². The molecule has 1 saturated heterocycles. The number of hydrogen-bond acceptors (Lipinski definition) is 12. The number of ether oxygens (including phenoxy) is 6. The Labute approximate surface area is 255 Å². The van der Waals surface area contributed by atoms with Crippen molar-refractivity contribution in [2.24, 2.45) is 11.3 Å². The smallest absolute Gasteiger partial charge is 0.344 e. The minimum absolute atomic E-state index is 0.0784. The van der Waals surface area contributed by atoms with Gasteiger partial charge in [0.25, 0.3) is 0 Å². The molecule has 1 heterocycles. The highest BCUT2D eigenvalue weighted by molar-refractivity contribution is 5.87. The number of benzene rings is 1. The summed E-state index contributed by atoms with van der Waals surface area (Å²) in [4.78, 5) is 62.6. The lowest BCUT2D eigenvalue weighted by Gasteiger charge is -2.65. The molecule has 2 saturated carbocycles. The Morgan fingerprint density at radius 2 is 1.52 bits per heavy atom. The highest BCUT2D eigenvalue weighted by atomic mass is 16.6. The Hall–Kier alpha value is -3.77. The van der Waals surface area contributed by atoms with Crippen LogP contribution in [0.4, 0.5) is 0 Å². The molecule has 3 fully saturated rings. The van der Waals surface area contributed by atoms with Gasteiger partial charge >= 0.3 is 29.8 Å². The molecule has 1 aromatic carbocycles. The normalized spacial score (nSPS) is 35.2. The number of esters is 5. The van der Waals surface area contributed by atoms with Gasteiger partial charge in [0.05, 0.1) is 16.6 Å². The largest absolute Gasteiger partial charge is 0.459 e. The Balaban J connectivity index is 1.87. The summed E-state index contributed by atoms with van der Waals surface area (Å²) in [7, 11) is 0. The second-order valence-corrected chi connectivity index (χ2v) is 12.6. The third-order valence-corrected chi connectivity index (χ3v) is 9.08. The van der Waals surface area contributed by atoms with Gasteiger partial charge in [-0.05, 0) is 45.8 Å². The maximum absolute atomic E-state index is 13.3. The molecule has 2 bridgehead atoms. The van der Waals surface area contributed by atoms with Gasteiger partial charge in [-0.3, -0.25) is 14.4 Å². The van der Waals surface area contributed by atoms with Crippen molar-refractivity contribution in [2.75, 3.05) is 6.61 Å². The third-order valence-electron chi connectivity index (χ3n) is 9.08. The summed E-state index contributed by atoms with van der Waals surface area (Å²) >= 11 is 0. The van der Waals surface area contributed by atoms with Crippen LogP contribution in [-0.2, 0) is 52.4 Å². The predicted molar refractivity (Wildman–Crippen MR) is 152 cm³/mol. The molecule has 1 spiro atoms. The second kappa shape index (κ2) is 12.0. The van der Waals surface area contributed by atoms with Crippen molar-refractivity contribution in [3.63, 3.8) is 0 Å². The first-order valence-electron chi connectivity index (χ1n) is 14.5. The van der Waals surface area contributed by atoms with Crippen molar-refractivity contribution in [3.05, 3.63) is 42.0 Å². The van der Waals surface area contributed by atoms with Crippen LogP contribution in [0.5, 0.6) is 0 Å². The molecule has 0 unspecified atom stereocenters.